The summed E-state index contributed by atoms with van der Waals surface area (Å²) in [6.45, 7) is 8.63. The number of benzene rings is 2. The van der Waals surface area contributed by atoms with Crippen molar-refractivity contribution in [3.8, 4) is 6.07 Å². The Hall–Kier alpha value is -2.11. The number of hydrogen-bond acceptors (Lipinski definition) is 2. The summed E-state index contributed by atoms with van der Waals surface area (Å²) in [6.07, 6.45) is 0. The Balaban J connectivity index is 2.10. The van der Waals surface area contributed by atoms with Gasteiger partial charge in [-0.2, -0.15) is 5.26 Å². The normalized spacial score (nSPS) is 13.5. The molecule has 2 atom stereocenters. The van der Waals surface area contributed by atoms with Gasteiger partial charge in [0.1, 0.15) is 0 Å². The fourth-order valence-corrected chi connectivity index (χ4v) is 2.72. The van der Waals surface area contributed by atoms with E-state index < -0.39 is 0 Å². The summed E-state index contributed by atoms with van der Waals surface area (Å²) in [5.41, 5.74) is 5.85. The molecule has 0 heterocycles. The van der Waals surface area contributed by atoms with Crippen molar-refractivity contribution in [1.82, 2.24) is 5.32 Å². The third-order valence-electron chi connectivity index (χ3n) is 3.93. The lowest BCUT2D eigenvalue weighted by molar-refractivity contribution is 0.493. The van der Waals surface area contributed by atoms with Gasteiger partial charge < -0.3 is 5.32 Å². The number of nitrogens with zero attached hydrogens (tertiary/aromatic N) is 1. The lowest BCUT2D eigenvalue weighted by Gasteiger charge is -2.22. The molecule has 2 rings (SSSR count). The smallest absolute Gasteiger partial charge is 0.0991 e. The van der Waals surface area contributed by atoms with Crippen molar-refractivity contribution in [2.24, 2.45) is 0 Å². The highest BCUT2D eigenvalue weighted by molar-refractivity contribution is 5.34. The Morgan fingerprint density at radius 3 is 2.19 bits per heavy atom. The van der Waals surface area contributed by atoms with Crippen LogP contribution in [-0.2, 0) is 0 Å². The summed E-state index contributed by atoms with van der Waals surface area (Å²) in [6, 6.07) is 17.0. The number of nitrogens with one attached hydrogen (secondary N) is 1. The zero-order valence-electron chi connectivity index (χ0n) is 13.1. The largest absolute Gasteiger partial charge is 0.304 e. The van der Waals surface area contributed by atoms with Crippen LogP contribution in [-0.4, -0.2) is 0 Å². The lowest BCUT2D eigenvalue weighted by Crippen LogP contribution is -2.23. The van der Waals surface area contributed by atoms with Crippen molar-refractivity contribution >= 4 is 0 Å². The Kier molecular flexibility index (Phi) is 4.77. The molecule has 21 heavy (non-hydrogen) atoms. The predicted molar refractivity (Wildman–Crippen MR) is 87.0 cm³/mol. The van der Waals surface area contributed by atoms with Crippen LogP contribution < -0.4 is 5.32 Å². The van der Waals surface area contributed by atoms with E-state index in [1.54, 1.807) is 0 Å². The molecule has 108 valence electrons. The van der Waals surface area contributed by atoms with E-state index in [0.29, 0.717) is 5.56 Å². The van der Waals surface area contributed by atoms with Crippen molar-refractivity contribution < 1.29 is 0 Å². The molecule has 0 fully saturated rings. The molecule has 0 radical (unpaired) electrons. The molecule has 0 saturated carbocycles. The zero-order valence-corrected chi connectivity index (χ0v) is 13.1. The van der Waals surface area contributed by atoms with Crippen molar-refractivity contribution in [3.63, 3.8) is 0 Å². The van der Waals surface area contributed by atoms with Gasteiger partial charge in [-0.15, -0.1) is 0 Å². The quantitative estimate of drug-likeness (QED) is 0.888. The number of hydrogen-bond donors (Lipinski definition) is 1. The second kappa shape index (κ2) is 6.56. The SMILES string of the molecule is Cc1ccc(C(C)NC(C)c2ccc(C#N)cc2)c(C)c1. The molecular formula is C19H22N2. The zero-order chi connectivity index (χ0) is 15.4. The van der Waals surface area contributed by atoms with Gasteiger partial charge in [-0.25, -0.2) is 0 Å². The van der Waals surface area contributed by atoms with Gasteiger partial charge in [0.15, 0.2) is 0 Å². The number of rotatable bonds is 4. The Morgan fingerprint density at radius 1 is 0.952 bits per heavy atom. The Bertz CT molecular complexity index is 650. The van der Waals surface area contributed by atoms with Crippen LogP contribution in [0.1, 0.15) is 53.7 Å². The molecule has 2 nitrogen and oxygen atoms in total. The molecule has 0 aliphatic carbocycles. The minimum absolute atomic E-state index is 0.244. The molecule has 2 aromatic rings. The van der Waals surface area contributed by atoms with Crippen LogP contribution >= 0.6 is 0 Å². The molecular weight excluding hydrogens is 256 g/mol. The minimum atomic E-state index is 0.244. The van der Waals surface area contributed by atoms with E-state index in [1.165, 1.54) is 22.3 Å². The van der Waals surface area contributed by atoms with Crippen molar-refractivity contribution in [3.05, 3.63) is 70.3 Å². The van der Waals surface area contributed by atoms with Crippen LogP contribution in [0.3, 0.4) is 0 Å². The second-order valence-corrected chi connectivity index (χ2v) is 5.70. The monoisotopic (exact) mass is 278 g/mol. The Labute approximate surface area is 127 Å². The summed E-state index contributed by atoms with van der Waals surface area (Å²) >= 11 is 0. The molecule has 2 heteroatoms. The van der Waals surface area contributed by atoms with E-state index in [1.807, 2.05) is 24.3 Å². The van der Waals surface area contributed by atoms with E-state index in [-0.39, 0.29) is 12.1 Å². The van der Waals surface area contributed by atoms with Crippen LogP contribution in [0.4, 0.5) is 0 Å². The molecule has 0 aromatic heterocycles. The molecule has 2 aromatic carbocycles. The molecule has 1 N–H and O–H groups in total. The molecule has 0 aliphatic rings. The third-order valence-corrected chi connectivity index (χ3v) is 3.93. The highest BCUT2D eigenvalue weighted by Crippen LogP contribution is 2.22. The van der Waals surface area contributed by atoms with E-state index >= 15 is 0 Å². The number of aryl methyl sites for hydroxylation is 2. The minimum Gasteiger partial charge on any atom is -0.304 e. The van der Waals surface area contributed by atoms with Crippen LogP contribution in [0.25, 0.3) is 0 Å². The maximum absolute atomic E-state index is 8.85. The lowest BCUT2D eigenvalue weighted by atomic mass is 9.98. The standard InChI is InChI=1S/C19H22N2/c1-13-5-10-19(14(2)11-13)16(4)21-15(3)18-8-6-17(12-20)7-9-18/h5-11,15-16,21H,1-4H3. The third kappa shape index (κ3) is 3.71. The van der Waals surface area contributed by atoms with Gasteiger partial charge in [0, 0.05) is 12.1 Å². The highest BCUT2D eigenvalue weighted by Gasteiger charge is 2.12. The van der Waals surface area contributed by atoms with E-state index in [4.69, 9.17) is 5.26 Å². The topological polar surface area (TPSA) is 35.8 Å². The first-order chi connectivity index (χ1) is 10.0. The summed E-state index contributed by atoms with van der Waals surface area (Å²) in [4.78, 5) is 0. The highest BCUT2D eigenvalue weighted by atomic mass is 14.9. The van der Waals surface area contributed by atoms with Gasteiger partial charge in [-0.05, 0) is 56.5 Å². The van der Waals surface area contributed by atoms with E-state index in [2.05, 4.69) is 57.3 Å². The van der Waals surface area contributed by atoms with Gasteiger partial charge in [0.25, 0.3) is 0 Å². The van der Waals surface area contributed by atoms with Crippen LogP contribution in [0.5, 0.6) is 0 Å². The van der Waals surface area contributed by atoms with E-state index in [0.717, 1.165) is 0 Å². The van der Waals surface area contributed by atoms with Crippen molar-refractivity contribution in [2.45, 2.75) is 39.8 Å². The number of nitriles is 1. The molecule has 0 spiro atoms. The molecule has 0 saturated heterocycles. The van der Waals surface area contributed by atoms with Crippen LogP contribution in [0, 0.1) is 25.2 Å². The predicted octanol–water partition coefficient (Wildman–Crippen LogP) is 4.59. The Morgan fingerprint density at radius 2 is 1.62 bits per heavy atom. The summed E-state index contributed by atoms with van der Waals surface area (Å²) in [5, 5.41) is 12.5. The van der Waals surface area contributed by atoms with Gasteiger partial charge in [-0.1, -0.05) is 35.9 Å². The maximum Gasteiger partial charge on any atom is 0.0991 e. The van der Waals surface area contributed by atoms with Gasteiger partial charge in [0.05, 0.1) is 11.6 Å². The molecule has 0 amide bonds. The van der Waals surface area contributed by atoms with Gasteiger partial charge >= 0.3 is 0 Å². The fraction of sp³-hybridized carbons (Fsp3) is 0.316. The van der Waals surface area contributed by atoms with Crippen LogP contribution in [0.2, 0.25) is 0 Å². The van der Waals surface area contributed by atoms with Gasteiger partial charge in [0.2, 0.25) is 0 Å². The average molecular weight is 278 g/mol. The van der Waals surface area contributed by atoms with Crippen molar-refractivity contribution in [1.29, 1.82) is 5.26 Å². The van der Waals surface area contributed by atoms with E-state index in [9.17, 15) is 0 Å². The second-order valence-electron chi connectivity index (χ2n) is 5.70. The molecule has 0 aliphatic heterocycles. The molecule has 2 unspecified atom stereocenters. The van der Waals surface area contributed by atoms with Crippen LogP contribution in [0.15, 0.2) is 42.5 Å². The first-order valence-corrected chi connectivity index (χ1v) is 7.34. The first kappa shape index (κ1) is 15.3. The van der Waals surface area contributed by atoms with Crippen molar-refractivity contribution in [2.75, 3.05) is 0 Å². The van der Waals surface area contributed by atoms with Gasteiger partial charge in [-0.3, -0.25) is 0 Å². The maximum atomic E-state index is 8.85. The first-order valence-electron chi connectivity index (χ1n) is 7.34. The summed E-state index contributed by atoms with van der Waals surface area (Å²) < 4.78 is 0. The fourth-order valence-electron chi connectivity index (χ4n) is 2.72. The summed E-state index contributed by atoms with van der Waals surface area (Å²) in [5.74, 6) is 0. The molecule has 0 bridgehead atoms. The average Bonchev–Trinajstić information content (AvgIpc) is 2.47. The summed E-state index contributed by atoms with van der Waals surface area (Å²) in [7, 11) is 0.